The number of rotatable bonds is 8. The van der Waals surface area contributed by atoms with Gasteiger partial charge < -0.3 is 14.8 Å². The van der Waals surface area contributed by atoms with E-state index in [2.05, 4.69) is 10.6 Å². The van der Waals surface area contributed by atoms with Crippen LogP contribution in [0, 0.1) is 0 Å². The lowest BCUT2D eigenvalue weighted by molar-refractivity contribution is -0.123. The Balaban J connectivity index is 1.57. The largest absolute Gasteiger partial charge is 0.495 e. The summed E-state index contributed by atoms with van der Waals surface area (Å²) in [7, 11) is -1.08. The van der Waals surface area contributed by atoms with Gasteiger partial charge >= 0.3 is 12.0 Å². The van der Waals surface area contributed by atoms with Crippen LogP contribution in [0.3, 0.4) is 0 Å². The molecule has 0 spiro atoms. The molecule has 2 N–H and O–H groups in total. The Bertz CT molecular complexity index is 1140. The van der Waals surface area contributed by atoms with Crippen LogP contribution in [0.4, 0.5) is 10.5 Å². The molecule has 1 aliphatic carbocycles. The van der Waals surface area contributed by atoms with Crippen molar-refractivity contribution in [3.63, 3.8) is 0 Å². The number of carbonyl (C=O) groups is 3. The van der Waals surface area contributed by atoms with E-state index in [0.29, 0.717) is 11.4 Å². The number of amides is 3. The lowest BCUT2D eigenvalue weighted by Gasteiger charge is -2.21. The number of hydrogen-bond acceptors (Lipinski definition) is 7. The maximum atomic E-state index is 13.0. The molecule has 1 fully saturated rings. The Hall–Kier alpha value is -3.60. The second-order valence-corrected chi connectivity index (χ2v) is 9.72. The number of methoxy groups -OCH3 is 1. The van der Waals surface area contributed by atoms with E-state index in [1.54, 1.807) is 24.3 Å². The summed E-state index contributed by atoms with van der Waals surface area (Å²) in [6.45, 7) is -0.645. The lowest BCUT2D eigenvalue weighted by Crippen LogP contribution is -2.44. The molecular weight excluding hydrogens is 462 g/mol. The third kappa shape index (κ3) is 6.04. The zero-order chi connectivity index (χ0) is 24.7. The first-order chi connectivity index (χ1) is 16.2. The average Bonchev–Trinajstić information content (AvgIpc) is 3.34. The first-order valence-corrected chi connectivity index (χ1v) is 12.2. The highest BCUT2D eigenvalue weighted by molar-refractivity contribution is 7.92. The summed E-state index contributed by atoms with van der Waals surface area (Å²) in [6.07, 6.45) is 3.81. The van der Waals surface area contributed by atoms with Crippen molar-refractivity contribution in [3.05, 3.63) is 54.1 Å². The van der Waals surface area contributed by atoms with Crippen LogP contribution in [-0.2, 0) is 19.6 Å². The van der Waals surface area contributed by atoms with Crippen molar-refractivity contribution in [2.75, 3.05) is 25.1 Å². The van der Waals surface area contributed by atoms with Crippen LogP contribution in [0.25, 0.3) is 0 Å². The summed E-state index contributed by atoms with van der Waals surface area (Å²) in [6, 6.07) is 11.2. The van der Waals surface area contributed by atoms with Gasteiger partial charge in [-0.1, -0.05) is 25.0 Å². The highest BCUT2D eigenvalue weighted by Gasteiger charge is 2.24. The Morgan fingerprint density at radius 2 is 1.68 bits per heavy atom. The molecule has 0 saturated heterocycles. The third-order valence-corrected chi connectivity index (χ3v) is 7.24. The fraction of sp³-hybridized carbons (Fsp3) is 0.348. The van der Waals surface area contributed by atoms with Gasteiger partial charge in [-0.3, -0.25) is 14.4 Å². The van der Waals surface area contributed by atoms with Crippen molar-refractivity contribution in [1.82, 2.24) is 10.6 Å². The quantitative estimate of drug-likeness (QED) is 0.545. The van der Waals surface area contributed by atoms with Crippen LogP contribution >= 0.6 is 0 Å². The Labute approximate surface area is 198 Å². The van der Waals surface area contributed by atoms with Crippen LogP contribution in [0.5, 0.6) is 5.75 Å². The van der Waals surface area contributed by atoms with Crippen molar-refractivity contribution in [3.8, 4) is 5.75 Å². The minimum atomic E-state index is -3.92. The fourth-order valence-electron chi connectivity index (χ4n) is 3.61. The second-order valence-electron chi connectivity index (χ2n) is 7.75. The first-order valence-electron chi connectivity index (χ1n) is 10.7. The van der Waals surface area contributed by atoms with Crippen molar-refractivity contribution in [2.24, 2.45) is 0 Å². The van der Waals surface area contributed by atoms with Gasteiger partial charge in [-0.05, 0) is 49.2 Å². The number of benzene rings is 2. The van der Waals surface area contributed by atoms with Gasteiger partial charge in [0, 0.05) is 13.1 Å². The van der Waals surface area contributed by atoms with Crippen molar-refractivity contribution in [1.29, 1.82) is 0 Å². The molecule has 0 atom stereocenters. The summed E-state index contributed by atoms with van der Waals surface area (Å²) in [4.78, 5) is 35.9. The number of ether oxygens (including phenoxy) is 2. The maximum absolute atomic E-state index is 13.0. The number of imide groups is 1. The monoisotopic (exact) mass is 489 g/mol. The summed E-state index contributed by atoms with van der Waals surface area (Å²) in [5.74, 6) is -1.20. The Morgan fingerprint density at radius 3 is 2.32 bits per heavy atom. The van der Waals surface area contributed by atoms with Gasteiger partial charge in [-0.25, -0.2) is 18.0 Å². The van der Waals surface area contributed by atoms with Crippen LogP contribution in [0.15, 0.2) is 53.4 Å². The summed E-state index contributed by atoms with van der Waals surface area (Å²) < 4.78 is 37.2. The van der Waals surface area contributed by atoms with E-state index in [-0.39, 0.29) is 16.5 Å². The number of esters is 1. The van der Waals surface area contributed by atoms with Crippen LogP contribution in [0.2, 0.25) is 0 Å². The summed E-state index contributed by atoms with van der Waals surface area (Å²) >= 11 is 0. The van der Waals surface area contributed by atoms with E-state index >= 15 is 0 Å². The smallest absolute Gasteiger partial charge is 0.338 e. The molecule has 0 bridgehead atoms. The molecule has 3 rings (SSSR count). The molecule has 0 unspecified atom stereocenters. The van der Waals surface area contributed by atoms with Gasteiger partial charge in [0.25, 0.3) is 15.9 Å². The zero-order valence-electron chi connectivity index (χ0n) is 18.9. The average molecular weight is 490 g/mol. The molecule has 10 nitrogen and oxygen atoms in total. The molecule has 3 amide bonds. The van der Waals surface area contributed by atoms with Gasteiger partial charge in [-0.2, -0.15) is 0 Å². The Kier molecular flexibility index (Phi) is 8.11. The standard InChI is InChI=1S/C23H27N3O7S/c1-26(19-9-5-6-10-20(19)32-2)34(30,31)18-13-11-16(12-14-18)22(28)33-15-21(27)25-23(29)24-17-7-3-4-8-17/h5-6,9-14,17H,3-4,7-8,15H2,1-2H3,(H2,24,25,27,29). The molecule has 34 heavy (non-hydrogen) atoms. The number of sulfonamides is 1. The van der Waals surface area contributed by atoms with E-state index in [9.17, 15) is 22.8 Å². The minimum absolute atomic E-state index is 0.0428. The fourth-order valence-corrected chi connectivity index (χ4v) is 4.82. The van der Waals surface area contributed by atoms with Crippen LogP contribution < -0.4 is 19.7 Å². The molecule has 1 saturated carbocycles. The van der Waals surface area contributed by atoms with Crippen LogP contribution in [0.1, 0.15) is 36.0 Å². The number of carbonyl (C=O) groups excluding carboxylic acids is 3. The minimum Gasteiger partial charge on any atom is -0.495 e. The van der Waals surface area contributed by atoms with E-state index in [1.807, 2.05) is 0 Å². The second kappa shape index (κ2) is 11.0. The number of urea groups is 1. The number of nitrogens with zero attached hydrogens (tertiary/aromatic N) is 1. The van der Waals surface area contributed by atoms with Crippen molar-refractivity contribution in [2.45, 2.75) is 36.6 Å². The molecular formula is C23H27N3O7S. The van der Waals surface area contributed by atoms with Gasteiger partial charge in [0.05, 0.1) is 23.3 Å². The number of anilines is 1. The van der Waals surface area contributed by atoms with Gasteiger partial charge in [0.15, 0.2) is 6.61 Å². The maximum Gasteiger partial charge on any atom is 0.338 e. The molecule has 2 aromatic rings. The van der Waals surface area contributed by atoms with Crippen molar-refractivity contribution >= 4 is 33.6 Å². The number of para-hydroxylation sites is 2. The predicted octanol–water partition coefficient (Wildman–Crippen LogP) is 2.45. The summed E-state index contributed by atoms with van der Waals surface area (Å²) in [5.41, 5.74) is 0.415. The van der Waals surface area contributed by atoms with Gasteiger partial charge in [-0.15, -0.1) is 0 Å². The van der Waals surface area contributed by atoms with Gasteiger partial charge in [0.1, 0.15) is 5.75 Å². The molecule has 1 aliphatic rings. The molecule has 182 valence electrons. The molecule has 0 aliphatic heterocycles. The van der Waals surface area contributed by atoms with Gasteiger partial charge in [0.2, 0.25) is 0 Å². The molecule has 11 heteroatoms. The molecule has 0 aromatic heterocycles. The number of hydrogen-bond donors (Lipinski definition) is 2. The zero-order valence-corrected chi connectivity index (χ0v) is 19.8. The summed E-state index contributed by atoms with van der Waals surface area (Å²) in [5, 5.41) is 4.82. The first kappa shape index (κ1) is 25.0. The highest BCUT2D eigenvalue weighted by atomic mass is 32.2. The van der Waals surface area contributed by atoms with Crippen molar-refractivity contribution < 1.29 is 32.3 Å². The van der Waals surface area contributed by atoms with E-state index in [1.165, 1.54) is 38.4 Å². The molecule has 0 heterocycles. The molecule has 2 aromatic carbocycles. The lowest BCUT2D eigenvalue weighted by atomic mass is 10.2. The van der Waals surface area contributed by atoms with E-state index in [0.717, 1.165) is 30.0 Å². The SMILES string of the molecule is COc1ccccc1N(C)S(=O)(=O)c1ccc(C(=O)OCC(=O)NC(=O)NC2CCCC2)cc1. The normalized spacial score (nSPS) is 13.7. The topological polar surface area (TPSA) is 131 Å². The molecule has 0 radical (unpaired) electrons. The van der Waals surface area contributed by atoms with Crippen LogP contribution in [-0.4, -0.2) is 53.1 Å². The predicted molar refractivity (Wildman–Crippen MR) is 124 cm³/mol. The Morgan fingerprint density at radius 1 is 1.03 bits per heavy atom. The number of nitrogens with one attached hydrogen (secondary N) is 2. The van der Waals surface area contributed by atoms with E-state index in [4.69, 9.17) is 9.47 Å². The highest BCUT2D eigenvalue weighted by Crippen LogP contribution is 2.30. The van der Waals surface area contributed by atoms with E-state index < -0.39 is 34.5 Å². The third-order valence-electron chi connectivity index (χ3n) is 5.45.